The average Bonchev–Trinajstić information content (AvgIpc) is 2.61. The number of halogens is 3. The monoisotopic (exact) mass is 409 g/mol. The molecule has 10 heteroatoms. The molecule has 2 amide bonds. The first kappa shape index (κ1) is 21.9. The normalized spacial score (nSPS) is 11.9. The Morgan fingerprint density at radius 3 is 2.14 bits per heavy atom. The van der Waals surface area contributed by atoms with E-state index in [-0.39, 0.29) is 30.3 Å². The van der Waals surface area contributed by atoms with Crippen molar-refractivity contribution >= 4 is 23.4 Å². The van der Waals surface area contributed by atoms with Crippen molar-refractivity contribution in [3.8, 4) is 5.75 Å². The zero-order valence-corrected chi connectivity index (χ0v) is 15.9. The van der Waals surface area contributed by atoms with Gasteiger partial charge in [-0.2, -0.15) is 0 Å². The Balaban J connectivity index is 1.87. The second kappa shape index (κ2) is 9.67. The number of carbonyl (C=O) groups excluding carboxylic acids is 1. The highest BCUT2D eigenvalue weighted by molar-refractivity contribution is 5.92. The number of rotatable bonds is 6. The molecule has 156 valence electrons. The highest BCUT2D eigenvalue weighted by Crippen LogP contribution is 2.23. The van der Waals surface area contributed by atoms with Crippen LogP contribution >= 0.6 is 0 Å². The summed E-state index contributed by atoms with van der Waals surface area (Å²) < 4.78 is 40.3. The maximum Gasteiger partial charge on any atom is 0.573 e. The van der Waals surface area contributed by atoms with Crippen LogP contribution in [0.5, 0.6) is 5.75 Å². The van der Waals surface area contributed by atoms with E-state index >= 15 is 0 Å². The van der Waals surface area contributed by atoms with Crippen molar-refractivity contribution in [2.75, 3.05) is 10.6 Å². The van der Waals surface area contributed by atoms with Gasteiger partial charge >= 0.3 is 12.4 Å². The molecule has 0 aliphatic carbocycles. The van der Waals surface area contributed by atoms with Crippen LogP contribution in [0.25, 0.3) is 0 Å². The first-order valence-corrected chi connectivity index (χ1v) is 8.70. The van der Waals surface area contributed by atoms with E-state index in [4.69, 9.17) is 5.73 Å². The van der Waals surface area contributed by atoms with Crippen LogP contribution in [0.3, 0.4) is 0 Å². The van der Waals surface area contributed by atoms with E-state index < -0.39 is 6.36 Å². The van der Waals surface area contributed by atoms with Gasteiger partial charge in [0.1, 0.15) is 5.75 Å². The zero-order valence-electron chi connectivity index (χ0n) is 15.9. The summed E-state index contributed by atoms with van der Waals surface area (Å²) in [6.07, 6.45) is -4.74. The fourth-order valence-electron chi connectivity index (χ4n) is 2.23. The van der Waals surface area contributed by atoms with Gasteiger partial charge in [0, 0.05) is 17.4 Å². The van der Waals surface area contributed by atoms with Crippen molar-refractivity contribution in [3.05, 3.63) is 54.1 Å². The molecule has 2 rings (SSSR count). The molecular weight excluding hydrogens is 387 g/mol. The standard InChI is InChI=1S/C19H22F3N5O2/c1-12(2)25-18(28)27-15-5-3-13(4-6-15)11-24-17(23)26-14-7-9-16(10-8-14)29-19(20,21)22/h3-10,12H,11H2,1-2H3,(H3,23,24,26)(H2,25,27,28). The number of hydrogen-bond acceptors (Lipinski definition) is 3. The van der Waals surface area contributed by atoms with E-state index in [1.807, 2.05) is 13.8 Å². The number of carbonyl (C=O) groups is 1. The van der Waals surface area contributed by atoms with Crippen LogP contribution in [0.1, 0.15) is 19.4 Å². The van der Waals surface area contributed by atoms with Gasteiger partial charge in [-0.25, -0.2) is 9.79 Å². The highest BCUT2D eigenvalue weighted by atomic mass is 19.4. The Labute approximate surface area is 166 Å². The Morgan fingerprint density at radius 1 is 1.03 bits per heavy atom. The first-order valence-electron chi connectivity index (χ1n) is 8.70. The number of nitrogens with two attached hydrogens (primary N) is 1. The van der Waals surface area contributed by atoms with E-state index in [0.29, 0.717) is 11.4 Å². The van der Waals surface area contributed by atoms with Gasteiger partial charge in [-0.05, 0) is 55.8 Å². The second-order valence-electron chi connectivity index (χ2n) is 6.35. The van der Waals surface area contributed by atoms with Gasteiger partial charge in [0.15, 0.2) is 5.96 Å². The Bertz CT molecular complexity index is 834. The van der Waals surface area contributed by atoms with Crippen LogP contribution in [0.2, 0.25) is 0 Å². The number of alkyl halides is 3. The highest BCUT2D eigenvalue weighted by Gasteiger charge is 2.30. The Hall–Kier alpha value is -3.43. The van der Waals surface area contributed by atoms with Crippen molar-refractivity contribution in [1.82, 2.24) is 5.32 Å². The minimum absolute atomic E-state index is 0.0347. The summed E-state index contributed by atoms with van der Waals surface area (Å²) in [7, 11) is 0. The van der Waals surface area contributed by atoms with Crippen LogP contribution in [0.15, 0.2) is 53.5 Å². The molecule has 29 heavy (non-hydrogen) atoms. The molecule has 0 atom stereocenters. The molecule has 7 nitrogen and oxygen atoms in total. The molecule has 5 N–H and O–H groups in total. The Morgan fingerprint density at radius 2 is 1.59 bits per heavy atom. The van der Waals surface area contributed by atoms with Crippen molar-refractivity contribution < 1.29 is 22.7 Å². The minimum atomic E-state index is -4.74. The summed E-state index contributed by atoms with van der Waals surface area (Å²) >= 11 is 0. The Kier molecular flexibility index (Phi) is 7.29. The molecule has 0 spiro atoms. The number of hydrogen-bond donors (Lipinski definition) is 4. The molecule has 0 saturated heterocycles. The molecule has 0 fully saturated rings. The number of aliphatic imine (C=N–C) groups is 1. The number of guanidine groups is 1. The maximum atomic E-state index is 12.2. The number of nitrogens with one attached hydrogen (secondary N) is 3. The number of anilines is 2. The largest absolute Gasteiger partial charge is 0.573 e. The number of urea groups is 1. The number of ether oxygens (including phenoxy) is 1. The molecule has 0 radical (unpaired) electrons. The molecule has 0 unspecified atom stereocenters. The van der Waals surface area contributed by atoms with Gasteiger partial charge in [-0.15, -0.1) is 13.2 Å². The molecule has 2 aromatic rings. The van der Waals surface area contributed by atoms with Gasteiger partial charge in [0.2, 0.25) is 0 Å². The van der Waals surface area contributed by atoms with Gasteiger partial charge in [0.05, 0.1) is 6.54 Å². The van der Waals surface area contributed by atoms with Gasteiger partial charge in [-0.1, -0.05) is 12.1 Å². The molecular formula is C19H22F3N5O2. The number of nitrogens with zero attached hydrogens (tertiary/aromatic N) is 1. The quantitative estimate of drug-likeness (QED) is 0.427. The average molecular weight is 409 g/mol. The summed E-state index contributed by atoms with van der Waals surface area (Å²) in [6.45, 7) is 4.01. The smallest absolute Gasteiger partial charge is 0.406 e. The summed E-state index contributed by atoms with van der Waals surface area (Å²) in [5.41, 5.74) is 7.77. The van der Waals surface area contributed by atoms with Crippen molar-refractivity contribution in [1.29, 1.82) is 0 Å². The van der Waals surface area contributed by atoms with E-state index in [9.17, 15) is 18.0 Å². The molecule has 0 aliphatic rings. The van der Waals surface area contributed by atoms with Crippen molar-refractivity contribution in [2.24, 2.45) is 10.7 Å². The van der Waals surface area contributed by atoms with E-state index in [1.165, 1.54) is 24.3 Å². The second-order valence-corrected chi connectivity index (χ2v) is 6.35. The first-order chi connectivity index (χ1) is 13.6. The molecule has 0 bridgehead atoms. The van der Waals surface area contributed by atoms with Crippen molar-refractivity contribution in [2.45, 2.75) is 32.8 Å². The molecule has 0 aromatic heterocycles. The predicted molar refractivity (Wildman–Crippen MR) is 106 cm³/mol. The lowest BCUT2D eigenvalue weighted by Crippen LogP contribution is -2.34. The molecule has 0 aliphatic heterocycles. The summed E-state index contributed by atoms with van der Waals surface area (Å²) in [5, 5.41) is 8.22. The van der Waals surface area contributed by atoms with Gasteiger partial charge in [-0.3, -0.25) is 0 Å². The third-order valence-corrected chi connectivity index (χ3v) is 3.42. The van der Waals surface area contributed by atoms with E-state index in [2.05, 4.69) is 25.7 Å². The minimum Gasteiger partial charge on any atom is -0.406 e. The lowest BCUT2D eigenvalue weighted by atomic mass is 10.2. The number of benzene rings is 2. The predicted octanol–water partition coefficient (Wildman–Crippen LogP) is 4.04. The zero-order chi connectivity index (χ0) is 21.4. The van der Waals surface area contributed by atoms with Crippen molar-refractivity contribution in [3.63, 3.8) is 0 Å². The topological polar surface area (TPSA) is 101 Å². The van der Waals surface area contributed by atoms with E-state index in [0.717, 1.165) is 5.56 Å². The third-order valence-electron chi connectivity index (χ3n) is 3.42. The van der Waals surface area contributed by atoms with Crippen LogP contribution in [0.4, 0.5) is 29.3 Å². The summed E-state index contributed by atoms with van der Waals surface area (Å²) in [5.74, 6) is -0.220. The molecule has 0 saturated carbocycles. The van der Waals surface area contributed by atoms with E-state index in [1.54, 1.807) is 24.3 Å². The van der Waals surface area contributed by atoms with Crippen LogP contribution < -0.4 is 26.4 Å². The number of amides is 2. The molecule has 2 aromatic carbocycles. The fourth-order valence-corrected chi connectivity index (χ4v) is 2.23. The maximum absolute atomic E-state index is 12.2. The lowest BCUT2D eigenvalue weighted by molar-refractivity contribution is -0.274. The fraction of sp³-hybridized carbons (Fsp3) is 0.263. The van der Waals surface area contributed by atoms with Gasteiger partial charge in [0.25, 0.3) is 0 Å². The SMILES string of the molecule is CC(C)NC(=O)Nc1ccc(CN=C(N)Nc2ccc(OC(F)(F)F)cc2)cc1. The third kappa shape index (κ3) is 8.41. The van der Waals surface area contributed by atoms with Crippen LogP contribution in [-0.2, 0) is 6.54 Å². The summed E-state index contributed by atoms with van der Waals surface area (Å²) in [6, 6.07) is 12.0. The van der Waals surface area contributed by atoms with Crippen LogP contribution in [0, 0.1) is 0 Å². The van der Waals surface area contributed by atoms with Crippen LogP contribution in [-0.4, -0.2) is 24.4 Å². The lowest BCUT2D eigenvalue weighted by Gasteiger charge is -2.11. The van der Waals surface area contributed by atoms with Gasteiger partial charge < -0.3 is 26.4 Å². The molecule has 0 heterocycles. The summed E-state index contributed by atoms with van der Waals surface area (Å²) in [4.78, 5) is 15.8.